The summed E-state index contributed by atoms with van der Waals surface area (Å²) in [6.45, 7) is 6.41. The standard InChI is InChI=1S/C15H18BrFN2O/c1-11(16)10-19-7-5-12(6-8-19)15(20)18-14-4-2-3-13(17)9-14/h2-4,9,12H,1,5-8,10H2,(H,18,20). The molecule has 1 fully saturated rings. The van der Waals surface area contributed by atoms with Gasteiger partial charge >= 0.3 is 0 Å². The van der Waals surface area contributed by atoms with Crippen molar-refractivity contribution in [2.75, 3.05) is 25.0 Å². The summed E-state index contributed by atoms with van der Waals surface area (Å²) in [5, 5.41) is 2.78. The maximum atomic E-state index is 13.1. The van der Waals surface area contributed by atoms with Crippen LogP contribution in [0.25, 0.3) is 0 Å². The van der Waals surface area contributed by atoms with E-state index >= 15 is 0 Å². The minimum atomic E-state index is -0.339. The number of nitrogens with zero attached hydrogens (tertiary/aromatic N) is 1. The highest BCUT2D eigenvalue weighted by Crippen LogP contribution is 2.21. The molecule has 1 amide bonds. The van der Waals surface area contributed by atoms with Gasteiger partial charge in [0.25, 0.3) is 0 Å². The number of anilines is 1. The topological polar surface area (TPSA) is 32.3 Å². The third-order valence-electron chi connectivity index (χ3n) is 3.45. The Morgan fingerprint density at radius 2 is 2.15 bits per heavy atom. The molecule has 0 radical (unpaired) electrons. The smallest absolute Gasteiger partial charge is 0.227 e. The van der Waals surface area contributed by atoms with Crippen LogP contribution in [0.5, 0.6) is 0 Å². The van der Waals surface area contributed by atoms with Crippen molar-refractivity contribution in [1.29, 1.82) is 0 Å². The molecule has 1 aromatic carbocycles. The SMILES string of the molecule is C=C(Br)CN1CCC(C(=O)Nc2cccc(F)c2)CC1. The van der Waals surface area contributed by atoms with Crippen molar-refractivity contribution in [1.82, 2.24) is 4.90 Å². The van der Waals surface area contributed by atoms with Crippen LogP contribution in [0, 0.1) is 11.7 Å². The number of nitrogens with one attached hydrogen (secondary N) is 1. The van der Waals surface area contributed by atoms with Crippen molar-refractivity contribution in [3.05, 3.63) is 41.1 Å². The Morgan fingerprint density at radius 1 is 1.45 bits per heavy atom. The number of carbonyl (C=O) groups is 1. The van der Waals surface area contributed by atoms with Gasteiger partial charge in [0.2, 0.25) is 5.91 Å². The molecule has 0 saturated carbocycles. The molecule has 0 unspecified atom stereocenters. The minimum Gasteiger partial charge on any atom is -0.326 e. The Balaban J connectivity index is 1.84. The van der Waals surface area contributed by atoms with E-state index in [2.05, 4.69) is 32.7 Å². The Labute approximate surface area is 127 Å². The molecule has 1 saturated heterocycles. The van der Waals surface area contributed by atoms with Crippen molar-refractivity contribution < 1.29 is 9.18 Å². The summed E-state index contributed by atoms with van der Waals surface area (Å²) in [5.74, 6) is -0.362. The largest absolute Gasteiger partial charge is 0.326 e. The third kappa shape index (κ3) is 4.42. The zero-order chi connectivity index (χ0) is 14.5. The van der Waals surface area contributed by atoms with Crippen LogP contribution < -0.4 is 5.32 Å². The van der Waals surface area contributed by atoms with E-state index in [0.29, 0.717) is 5.69 Å². The van der Waals surface area contributed by atoms with E-state index in [0.717, 1.165) is 37.0 Å². The fraction of sp³-hybridized carbons (Fsp3) is 0.400. The second-order valence-electron chi connectivity index (χ2n) is 5.07. The molecule has 0 atom stereocenters. The van der Waals surface area contributed by atoms with Crippen LogP contribution in [0.15, 0.2) is 35.3 Å². The van der Waals surface area contributed by atoms with Gasteiger partial charge in [0.05, 0.1) is 0 Å². The lowest BCUT2D eigenvalue weighted by Gasteiger charge is -2.31. The number of likely N-dealkylation sites (tertiary alicyclic amines) is 1. The van der Waals surface area contributed by atoms with Gasteiger partial charge in [-0.3, -0.25) is 9.69 Å². The van der Waals surface area contributed by atoms with E-state index in [-0.39, 0.29) is 17.6 Å². The molecule has 1 aromatic rings. The lowest BCUT2D eigenvalue weighted by Crippen LogP contribution is -2.38. The van der Waals surface area contributed by atoms with Gasteiger partial charge < -0.3 is 5.32 Å². The van der Waals surface area contributed by atoms with E-state index in [1.165, 1.54) is 12.1 Å². The average molecular weight is 341 g/mol. The minimum absolute atomic E-state index is 0.00175. The molecule has 2 rings (SSSR count). The van der Waals surface area contributed by atoms with Gasteiger partial charge in [-0.2, -0.15) is 0 Å². The van der Waals surface area contributed by atoms with Gasteiger partial charge in [-0.25, -0.2) is 4.39 Å². The number of amides is 1. The first-order valence-electron chi connectivity index (χ1n) is 6.66. The molecule has 3 nitrogen and oxygen atoms in total. The van der Waals surface area contributed by atoms with Crippen molar-refractivity contribution in [3.63, 3.8) is 0 Å². The summed E-state index contributed by atoms with van der Waals surface area (Å²) in [6.07, 6.45) is 1.64. The van der Waals surface area contributed by atoms with Gasteiger partial charge in [0.1, 0.15) is 5.82 Å². The van der Waals surface area contributed by atoms with Crippen LogP contribution >= 0.6 is 15.9 Å². The van der Waals surface area contributed by atoms with Gasteiger partial charge in [0, 0.05) is 22.6 Å². The maximum absolute atomic E-state index is 13.1. The van der Waals surface area contributed by atoms with Crippen LogP contribution in [0.4, 0.5) is 10.1 Å². The number of rotatable bonds is 4. The average Bonchev–Trinajstić information content (AvgIpc) is 2.38. The molecular weight excluding hydrogens is 323 g/mol. The molecule has 0 aromatic heterocycles. The zero-order valence-corrected chi connectivity index (χ0v) is 12.8. The number of carbonyl (C=O) groups excluding carboxylic acids is 1. The van der Waals surface area contributed by atoms with Crippen molar-refractivity contribution in [2.45, 2.75) is 12.8 Å². The van der Waals surface area contributed by atoms with Crippen LogP contribution in [0.3, 0.4) is 0 Å². The highest BCUT2D eigenvalue weighted by atomic mass is 79.9. The molecule has 0 bridgehead atoms. The third-order valence-corrected chi connectivity index (χ3v) is 3.70. The molecule has 20 heavy (non-hydrogen) atoms. The first-order chi connectivity index (χ1) is 9.54. The van der Waals surface area contributed by atoms with Crippen molar-refractivity contribution >= 4 is 27.5 Å². The van der Waals surface area contributed by atoms with Crippen LogP contribution in [0.2, 0.25) is 0 Å². The van der Waals surface area contributed by atoms with Gasteiger partial charge in [0.15, 0.2) is 0 Å². The molecule has 1 heterocycles. The van der Waals surface area contributed by atoms with Gasteiger partial charge in [-0.1, -0.05) is 28.6 Å². The monoisotopic (exact) mass is 340 g/mol. The molecule has 108 valence electrons. The molecule has 5 heteroatoms. The van der Waals surface area contributed by atoms with E-state index < -0.39 is 0 Å². The lowest BCUT2D eigenvalue weighted by atomic mass is 9.96. The number of piperidine rings is 1. The van der Waals surface area contributed by atoms with Crippen LogP contribution in [-0.4, -0.2) is 30.4 Å². The highest BCUT2D eigenvalue weighted by Gasteiger charge is 2.24. The maximum Gasteiger partial charge on any atom is 0.227 e. The zero-order valence-electron chi connectivity index (χ0n) is 11.2. The highest BCUT2D eigenvalue weighted by molar-refractivity contribution is 9.11. The van der Waals surface area contributed by atoms with Crippen LogP contribution in [0.1, 0.15) is 12.8 Å². The first-order valence-corrected chi connectivity index (χ1v) is 7.46. The van der Waals surface area contributed by atoms with Crippen molar-refractivity contribution in [2.24, 2.45) is 5.92 Å². The fourth-order valence-corrected chi connectivity index (χ4v) is 2.76. The Kier molecular flexibility index (Phi) is 5.31. The predicted molar refractivity (Wildman–Crippen MR) is 82.3 cm³/mol. The van der Waals surface area contributed by atoms with Crippen molar-refractivity contribution in [3.8, 4) is 0 Å². The van der Waals surface area contributed by atoms with E-state index in [4.69, 9.17) is 0 Å². The first kappa shape index (κ1) is 15.2. The van der Waals surface area contributed by atoms with Crippen LogP contribution in [-0.2, 0) is 4.79 Å². The molecular formula is C15H18BrFN2O. The van der Waals surface area contributed by atoms with E-state index in [1.54, 1.807) is 12.1 Å². The number of hydrogen-bond acceptors (Lipinski definition) is 2. The molecule has 1 aliphatic heterocycles. The summed E-state index contributed by atoms with van der Waals surface area (Å²) >= 11 is 3.35. The number of benzene rings is 1. The summed E-state index contributed by atoms with van der Waals surface area (Å²) in [7, 11) is 0. The molecule has 0 aliphatic carbocycles. The predicted octanol–water partition coefficient (Wildman–Crippen LogP) is 3.38. The molecule has 1 aliphatic rings. The number of hydrogen-bond donors (Lipinski definition) is 1. The summed E-state index contributed by atoms with van der Waals surface area (Å²) in [6, 6.07) is 5.99. The normalized spacial score (nSPS) is 16.9. The lowest BCUT2D eigenvalue weighted by molar-refractivity contribution is -0.121. The Morgan fingerprint density at radius 3 is 2.75 bits per heavy atom. The van der Waals surface area contributed by atoms with E-state index in [9.17, 15) is 9.18 Å². The molecule has 1 N–H and O–H groups in total. The second-order valence-corrected chi connectivity index (χ2v) is 6.19. The summed E-state index contributed by atoms with van der Waals surface area (Å²) in [5.41, 5.74) is 0.520. The summed E-state index contributed by atoms with van der Waals surface area (Å²) < 4.78 is 14.0. The summed E-state index contributed by atoms with van der Waals surface area (Å²) in [4.78, 5) is 14.4. The number of halogens is 2. The van der Waals surface area contributed by atoms with E-state index in [1.807, 2.05) is 0 Å². The second kappa shape index (κ2) is 6.99. The quantitative estimate of drug-likeness (QED) is 0.911. The Bertz CT molecular complexity index is 498. The van der Waals surface area contributed by atoms with Gasteiger partial charge in [-0.05, 0) is 44.1 Å². The Hall–Kier alpha value is -1.20. The fourth-order valence-electron chi connectivity index (χ4n) is 2.41. The van der Waals surface area contributed by atoms with Gasteiger partial charge in [-0.15, -0.1) is 0 Å². The molecule has 0 spiro atoms.